The monoisotopic (exact) mass is 377 g/mol. The Morgan fingerprint density at radius 1 is 1.38 bits per heavy atom. The molecule has 1 amide bonds. The number of carbonyl (C=O) groups is 2. The van der Waals surface area contributed by atoms with Gasteiger partial charge in [-0.05, 0) is 25.0 Å². The number of benzene rings is 1. The average molecular weight is 378 g/mol. The molecule has 138 valence electrons. The second-order valence-corrected chi connectivity index (χ2v) is 6.58. The number of nitrogens with zero attached hydrogens (tertiary/aromatic N) is 2. The first-order valence-corrected chi connectivity index (χ1v) is 8.85. The van der Waals surface area contributed by atoms with Crippen molar-refractivity contribution in [1.29, 1.82) is 0 Å². The molecule has 2 N–H and O–H groups in total. The Kier molecular flexibility index (Phi) is 5.90. The van der Waals surface area contributed by atoms with Crippen LogP contribution in [-0.4, -0.2) is 57.9 Å². The molecule has 26 heavy (non-hydrogen) atoms. The quantitative estimate of drug-likeness (QED) is 0.773. The molecule has 0 radical (unpaired) electrons. The molecule has 1 saturated heterocycles. The van der Waals surface area contributed by atoms with Gasteiger partial charge >= 0.3 is 5.97 Å². The standard InChI is InChI=1S/C18H20ClN3O4/c19-14-6-2-1-5-13(14)15-10-16(21-20-15)18(25)22(8-7-17(23)24)11-12-4-3-9-26-12/h1-2,5-6,10,12H,3-4,7-9,11H2,(H,20,21)(H,23,24)/t12-/m1/s1. The van der Waals surface area contributed by atoms with E-state index in [0.29, 0.717) is 29.6 Å². The number of carboxylic acids is 1. The lowest BCUT2D eigenvalue weighted by molar-refractivity contribution is -0.137. The molecule has 1 atom stereocenters. The highest BCUT2D eigenvalue weighted by Gasteiger charge is 2.25. The molecule has 3 rings (SSSR count). The van der Waals surface area contributed by atoms with Crippen molar-refractivity contribution in [3.05, 3.63) is 41.0 Å². The van der Waals surface area contributed by atoms with Crippen molar-refractivity contribution in [2.24, 2.45) is 0 Å². The number of hydrogen-bond acceptors (Lipinski definition) is 4. The Morgan fingerprint density at radius 3 is 2.88 bits per heavy atom. The van der Waals surface area contributed by atoms with E-state index in [1.807, 2.05) is 18.2 Å². The van der Waals surface area contributed by atoms with Crippen molar-refractivity contribution < 1.29 is 19.4 Å². The van der Waals surface area contributed by atoms with E-state index in [4.69, 9.17) is 21.4 Å². The highest BCUT2D eigenvalue weighted by molar-refractivity contribution is 6.33. The number of aromatic amines is 1. The lowest BCUT2D eigenvalue weighted by Gasteiger charge is -2.24. The molecule has 0 spiro atoms. The van der Waals surface area contributed by atoms with Crippen molar-refractivity contribution in [3.63, 3.8) is 0 Å². The van der Waals surface area contributed by atoms with Crippen LogP contribution < -0.4 is 0 Å². The maximum Gasteiger partial charge on any atom is 0.305 e. The number of rotatable bonds is 7. The van der Waals surface area contributed by atoms with Gasteiger partial charge in [-0.2, -0.15) is 5.10 Å². The normalized spacial score (nSPS) is 16.6. The predicted molar refractivity (Wildman–Crippen MR) is 96.2 cm³/mol. The topological polar surface area (TPSA) is 95.5 Å². The number of aromatic nitrogens is 2. The summed E-state index contributed by atoms with van der Waals surface area (Å²) in [5.74, 6) is -1.25. The number of amides is 1. The minimum Gasteiger partial charge on any atom is -0.481 e. The molecule has 2 aromatic rings. The maximum absolute atomic E-state index is 12.8. The zero-order chi connectivity index (χ0) is 18.5. The van der Waals surface area contributed by atoms with Crippen LogP contribution in [0, 0.1) is 0 Å². The molecule has 1 aromatic heterocycles. The smallest absolute Gasteiger partial charge is 0.305 e. The van der Waals surface area contributed by atoms with Gasteiger partial charge < -0.3 is 14.7 Å². The van der Waals surface area contributed by atoms with Gasteiger partial charge in [0, 0.05) is 25.3 Å². The number of halogens is 1. The summed E-state index contributed by atoms with van der Waals surface area (Å²) >= 11 is 6.18. The summed E-state index contributed by atoms with van der Waals surface area (Å²) < 4.78 is 5.58. The number of carbonyl (C=O) groups excluding carboxylic acids is 1. The molecule has 0 unspecified atom stereocenters. The summed E-state index contributed by atoms with van der Waals surface area (Å²) in [6, 6.07) is 8.87. The van der Waals surface area contributed by atoms with Gasteiger partial charge in [0.15, 0.2) is 0 Å². The summed E-state index contributed by atoms with van der Waals surface area (Å²) in [5.41, 5.74) is 1.58. The summed E-state index contributed by atoms with van der Waals surface area (Å²) in [4.78, 5) is 25.3. The highest BCUT2D eigenvalue weighted by Crippen LogP contribution is 2.26. The summed E-state index contributed by atoms with van der Waals surface area (Å²) in [7, 11) is 0. The van der Waals surface area contributed by atoms with Gasteiger partial charge in [-0.15, -0.1) is 0 Å². The first kappa shape index (κ1) is 18.4. The van der Waals surface area contributed by atoms with Crippen molar-refractivity contribution in [2.75, 3.05) is 19.7 Å². The summed E-state index contributed by atoms with van der Waals surface area (Å²) in [6.45, 7) is 1.16. The number of carboxylic acid groups (broad SMARTS) is 1. The van der Waals surface area contributed by atoms with Gasteiger partial charge in [0.05, 0.1) is 23.2 Å². The van der Waals surface area contributed by atoms with E-state index < -0.39 is 5.97 Å². The number of hydrogen-bond donors (Lipinski definition) is 2. The van der Waals surface area contributed by atoms with E-state index in [1.165, 1.54) is 4.90 Å². The molecule has 1 aliphatic rings. The van der Waals surface area contributed by atoms with Crippen LogP contribution in [0.1, 0.15) is 29.8 Å². The summed E-state index contributed by atoms with van der Waals surface area (Å²) in [6.07, 6.45) is 1.64. The fraction of sp³-hybridized carbons (Fsp3) is 0.389. The molecular weight excluding hydrogens is 358 g/mol. The van der Waals surface area contributed by atoms with E-state index in [2.05, 4.69) is 10.2 Å². The minimum atomic E-state index is -0.948. The fourth-order valence-electron chi connectivity index (χ4n) is 2.95. The second-order valence-electron chi connectivity index (χ2n) is 6.18. The van der Waals surface area contributed by atoms with E-state index in [-0.39, 0.29) is 25.0 Å². The zero-order valence-corrected chi connectivity index (χ0v) is 14.9. The molecule has 0 aliphatic carbocycles. The van der Waals surface area contributed by atoms with Crippen molar-refractivity contribution in [3.8, 4) is 11.3 Å². The molecule has 0 bridgehead atoms. The zero-order valence-electron chi connectivity index (χ0n) is 14.2. The lowest BCUT2D eigenvalue weighted by Crippen LogP contribution is -2.39. The van der Waals surface area contributed by atoms with Crippen molar-refractivity contribution >= 4 is 23.5 Å². The summed E-state index contributed by atoms with van der Waals surface area (Å²) in [5, 5.41) is 16.4. The van der Waals surface area contributed by atoms with E-state index >= 15 is 0 Å². The van der Waals surface area contributed by atoms with E-state index in [1.54, 1.807) is 12.1 Å². The Hall–Kier alpha value is -2.38. The Labute approximate surface area is 155 Å². The van der Waals surface area contributed by atoms with Crippen LogP contribution in [-0.2, 0) is 9.53 Å². The van der Waals surface area contributed by atoms with Gasteiger partial charge in [0.1, 0.15) is 5.69 Å². The minimum absolute atomic E-state index is 0.0568. The Bertz CT molecular complexity index is 786. The Balaban J connectivity index is 1.77. The second kappa shape index (κ2) is 8.33. The third-order valence-corrected chi connectivity index (χ3v) is 4.62. The first-order chi connectivity index (χ1) is 12.5. The largest absolute Gasteiger partial charge is 0.481 e. The van der Waals surface area contributed by atoms with Crippen LogP contribution in [0.2, 0.25) is 5.02 Å². The van der Waals surface area contributed by atoms with E-state index in [9.17, 15) is 9.59 Å². The number of nitrogens with one attached hydrogen (secondary N) is 1. The van der Waals surface area contributed by atoms with Crippen molar-refractivity contribution in [1.82, 2.24) is 15.1 Å². The van der Waals surface area contributed by atoms with Crippen LogP contribution in [0.3, 0.4) is 0 Å². The average Bonchev–Trinajstić information content (AvgIpc) is 3.30. The molecule has 1 aliphatic heterocycles. The van der Waals surface area contributed by atoms with Gasteiger partial charge in [-0.25, -0.2) is 0 Å². The number of H-pyrrole nitrogens is 1. The third-order valence-electron chi connectivity index (χ3n) is 4.29. The van der Waals surface area contributed by atoms with Gasteiger partial charge in [-0.1, -0.05) is 29.8 Å². The number of ether oxygens (including phenoxy) is 1. The molecule has 1 fully saturated rings. The molecule has 8 heteroatoms. The van der Waals surface area contributed by atoms with Gasteiger partial charge in [0.2, 0.25) is 0 Å². The van der Waals surface area contributed by atoms with E-state index in [0.717, 1.165) is 18.4 Å². The molecule has 0 saturated carbocycles. The van der Waals surface area contributed by atoms with Gasteiger partial charge in [0.25, 0.3) is 5.91 Å². The van der Waals surface area contributed by atoms with Crippen LogP contribution >= 0.6 is 11.6 Å². The number of aliphatic carboxylic acids is 1. The van der Waals surface area contributed by atoms with Gasteiger partial charge in [-0.3, -0.25) is 14.7 Å². The maximum atomic E-state index is 12.8. The predicted octanol–water partition coefficient (Wildman–Crippen LogP) is 2.83. The van der Waals surface area contributed by atoms with Crippen LogP contribution in [0.5, 0.6) is 0 Å². The molecule has 7 nitrogen and oxygen atoms in total. The van der Waals surface area contributed by atoms with Crippen LogP contribution in [0.4, 0.5) is 0 Å². The van der Waals surface area contributed by atoms with Crippen LogP contribution in [0.15, 0.2) is 30.3 Å². The lowest BCUT2D eigenvalue weighted by atomic mass is 10.1. The highest BCUT2D eigenvalue weighted by atomic mass is 35.5. The van der Waals surface area contributed by atoms with Crippen molar-refractivity contribution in [2.45, 2.75) is 25.4 Å². The van der Waals surface area contributed by atoms with Crippen LogP contribution in [0.25, 0.3) is 11.3 Å². The third kappa shape index (κ3) is 4.42. The molecule has 1 aromatic carbocycles. The SMILES string of the molecule is O=C(O)CCN(C[C@H]1CCCO1)C(=O)c1cc(-c2ccccc2Cl)n[nH]1. The fourth-order valence-corrected chi connectivity index (χ4v) is 3.18. The first-order valence-electron chi connectivity index (χ1n) is 8.47. The molecular formula is C18H20ClN3O4. The molecule has 2 heterocycles. The Morgan fingerprint density at radius 2 is 2.19 bits per heavy atom.